The molecule has 2 atom stereocenters. The molecule has 1 aliphatic heterocycles. The van der Waals surface area contributed by atoms with Crippen molar-refractivity contribution in [1.82, 2.24) is 13.9 Å². The molecule has 0 saturated carbocycles. The second-order valence-corrected chi connectivity index (χ2v) is 8.33. The molecule has 0 radical (unpaired) electrons. The average Bonchev–Trinajstić information content (AvgIpc) is 3.18. The number of hydrogen-bond donors (Lipinski definition) is 1. The van der Waals surface area contributed by atoms with E-state index in [1.165, 1.54) is 10.5 Å². The van der Waals surface area contributed by atoms with Gasteiger partial charge in [-0.1, -0.05) is 0 Å². The Balaban J connectivity index is 1.89. The predicted molar refractivity (Wildman–Crippen MR) is 84.3 cm³/mol. The van der Waals surface area contributed by atoms with Crippen LogP contribution < -0.4 is 0 Å². The molecule has 22 heavy (non-hydrogen) atoms. The summed E-state index contributed by atoms with van der Waals surface area (Å²) in [5.41, 5.74) is 1.10. The number of thiophene rings is 1. The third kappa shape index (κ3) is 2.60. The van der Waals surface area contributed by atoms with Crippen molar-refractivity contribution >= 4 is 21.4 Å². The molecule has 0 aromatic carbocycles. The highest BCUT2D eigenvalue weighted by Gasteiger charge is 2.40. The van der Waals surface area contributed by atoms with Gasteiger partial charge in [0.25, 0.3) is 10.0 Å². The van der Waals surface area contributed by atoms with Crippen LogP contribution in [0.5, 0.6) is 0 Å². The predicted octanol–water partition coefficient (Wildman–Crippen LogP) is 1.19. The van der Waals surface area contributed by atoms with Gasteiger partial charge in [0, 0.05) is 44.8 Å². The molecule has 3 heterocycles. The lowest BCUT2D eigenvalue weighted by molar-refractivity contribution is 0.223. The summed E-state index contributed by atoms with van der Waals surface area (Å²) in [5.74, 6) is 0.621. The van der Waals surface area contributed by atoms with Crippen LogP contribution in [-0.2, 0) is 17.1 Å². The highest BCUT2D eigenvalue weighted by molar-refractivity contribution is 7.89. The van der Waals surface area contributed by atoms with E-state index < -0.39 is 10.0 Å². The van der Waals surface area contributed by atoms with Gasteiger partial charge in [-0.15, -0.1) is 0 Å². The van der Waals surface area contributed by atoms with E-state index in [0.29, 0.717) is 18.9 Å². The number of nitrogens with zero attached hydrogens (tertiary/aromatic N) is 3. The van der Waals surface area contributed by atoms with Gasteiger partial charge in [0.15, 0.2) is 5.03 Å². The maximum absolute atomic E-state index is 12.7. The lowest BCUT2D eigenvalue weighted by atomic mass is 9.92. The molecule has 1 aliphatic rings. The first-order valence-electron chi connectivity index (χ1n) is 7.06. The molecular weight excluding hydrogens is 322 g/mol. The number of aliphatic hydroxyl groups excluding tert-OH is 1. The van der Waals surface area contributed by atoms with Crippen LogP contribution in [-0.4, -0.2) is 47.1 Å². The summed E-state index contributed by atoms with van der Waals surface area (Å²) in [7, 11) is -1.84. The molecule has 0 spiro atoms. The summed E-state index contributed by atoms with van der Waals surface area (Å²) in [4.78, 5) is 4.14. The number of imidazole rings is 1. The van der Waals surface area contributed by atoms with Gasteiger partial charge in [-0.25, -0.2) is 13.4 Å². The van der Waals surface area contributed by atoms with E-state index >= 15 is 0 Å². The van der Waals surface area contributed by atoms with Crippen molar-refractivity contribution in [3.63, 3.8) is 0 Å². The van der Waals surface area contributed by atoms with E-state index in [2.05, 4.69) is 4.98 Å². The number of aromatic nitrogens is 2. The largest absolute Gasteiger partial charge is 0.396 e. The van der Waals surface area contributed by atoms with Crippen LogP contribution in [0, 0.1) is 12.8 Å². The Labute approximate surface area is 134 Å². The van der Waals surface area contributed by atoms with Gasteiger partial charge in [-0.2, -0.15) is 15.6 Å². The zero-order valence-electron chi connectivity index (χ0n) is 12.5. The summed E-state index contributed by atoms with van der Waals surface area (Å²) in [5, 5.41) is 13.7. The molecule has 8 heteroatoms. The summed E-state index contributed by atoms with van der Waals surface area (Å²) >= 11 is 1.58. The van der Waals surface area contributed by atoms with E-state index in [9.17, 15) is 13.5 Å². The summed E-state index contributed by atoms with van der Waals surface area (Å²) in [6, 6.07) is 2.00. The minimum Gasteiger partial charge on any atom is -0.396 e. The van der Waals surface area contributed by atoms with Crippen LogP contribution in [0.2, 0.25) is 0 Å². The molecule has 0 aliphatic carbocycles. The van der Waals surface area contributed by atoms with Crippen LogP contribution in [0.4, 0.5) is 0 Å². The van der Waals surface area contributed by atoms with Crippen LogP contribution in [0.15, 0.2) is 28.0 Å². The smallest absolute Gasteiger partial charge is 0.262 e. The Morgan fingerprint density at radius 2 is 2.23 bits per heavy atom. The fourth-order valence-corrected chi connectivity index (χ4v) is 5.13. The topological polar surface area (TPSA) is 75.4 Å². The minimum atomic E-state index is -3.61. The van der Waals surface area contributed by atoms with Crippen LogP contribution in [0.3, 0.4) is 0 Å². The van der Waals surface area contributed by atoms with Crippen LogP contribution >= 0.6 is 11.3 Å². The van der Waals surface area contributed by atoms with E-state index in [4.69, 9.17) is 0 Å². The van der Waals surface area contributed by atoms with Crippen LogP contribution in [0.25, 0.3) is 0 Å². The summed E-state index contributed by atoms with van der Waals surface area (Å²) < 4.78 is 28.6. The zero-order chi connectivity index (χ0) is 15.9. The quantitative estimate of drug-likeness (QED) is 0.906. The van der Waals surface area contributed by atoms with Gasteiger partial charge in [-0.3, -0.25) is 0 Å². The van der Waals surface area contributed by atoms with Gasteiger partial charge >= 0.3 is 0 Å². The molecule has 1 N–H and O–H groups in total. The fraction of sp³-hybridized carbons (Fsp3) is 0.500. The van der Waals surface area contributed by atoms with Crippen molar-refractivity contribution in [1.29, 1.82) is 0 Å². The standard InChI is InChI=1S/C14H19N3O3S2/c1-10-15-14(7-16(10)2)22(19,20)17-5-12(8-18)13(6-17)11-3-4-21-9-11/h3-4,7,9,12-13,18H,5-6,8H2,1-2H3/t12-,13-/m0/s1. The molecule has 1 saturated heterocycles. The van der Waals surface area contributed by atoms with Crippen molar-refractivity contribution < 1.29 is 13.5 Å². The van der Waals surface area contributed by atoms with Gasteiger partial charge in [0.2, 0.25) is 0 Å². The van der Waals surface area contributed by atoms with E-state index in [0.717, 1.165) is 5.56 Å². The number of sulfonamides is 1. The molecular formula is C14H19N3O3S2. The normalized spacial score (nSPS) is 23.2. The minimum absolute atomic E-state index is 0.0201. The van der Waals surface area contributed by atoms with Gasteiger partial charge in [-0.05, 0) is 29.3 Å². The SMILES string of the molecule is Cc1nc(S(=O)(=O)N2C[C@@H](CO)[C@H](c3ccsc3)C2)cn1C. The second kappa shape index (κ2) is 5.77. The van der Waals surface area contributed by atoms with Crippen molar-refractivity contribution in [2.24, 2.45) is 13.0 Å². The Bertz CT molecular complexity index is 733. The van der Waals surface area contributed by atoms with E-state index in [1.807, 2.05) is 16.8 Å². The van der Waals surface area contributed by atoms with Crippen molar-refractivity contribution in [3.8, 4) is 0 Å². The molecule has 1 fully saturated rings. The molecule has 2 aromatic rings. The maximum atomic E-state index is 12.7. The summed E-state index contributed by atoms with van der Waals surface area (Å²) in [6.07, 6.45) is 1.54. The molecule has 3 rings (SSSR count). The van der Waals surface area contributed by atoms with Crippen molar-refractivity contribution in [2.45, 2.75) is 17.9 Å². The Kier molecular flexibility index (Phi) is 4.11. The number of aliphatic hydroxyl groups is 1. The second-order valence-electron chi connectivity index (χ2n) is 5.67. The number of hydrogen-bond acceptors (Lipinski definition) is 5. The van der Waals surface area contributed by atoms with Crippen molar-refractivity contribution in [2.75, 3.05) is 19.7 Å². The number of rotatable bonds is 4. The molecule has 0 bridgehead atoms. The molecule has 120 valence electrons. The highest BCUT2D eigenvalue weighted by Crippen LogP contribution is 2.36. The fourth-order valence-electron chi connectivity index (χ4n) is 2.86. The third-order valence-corrected chi connectivity index (χ3v) is 6.71. The van der Waals surface area contributed by atoms with Gasteiger partial charge in [0.1, 0.15) is 5.82 Å². The average molecular weight is 341 g/mol. The maximum Gasteiger partial charge on any atom is 0.262 e. The Morgan fingerprint density at radius 1 is 1.45 bits per heavy atom. The van der Waals surface area contributed by atoms with Gasteiger partial charge < -0.3 is 9.67 Å². The first kappa shape index (κ1) is 15.7. The first-order valence-corrected chi connectivity index (χ1v) is 9.45. The van der Waals surface area contributed by atoms with Crippen molar-refractivity contribution in [3.05, 3.63) is 34.4 Å². The first-order chi connectivity index (χ1) is 10.4. The van der Waals surface area contributed by atoms with Gasteiger partial charge in [0.05, 0.1) is 0 Å². The monoisotopic (exact) mass is 341 g/mol. The van der Waals surface area contributed by atoms with Crippen LogP contribution in [0.1, 0.15) is 17.3 Å². The zero-order valence-corrected chi connectivity index (χ0v) is 14.1. The molecule has 0 amide bonds. The Hall–Kier alpha value is -1.22. The highest BCUT2D eigenvalue weighted by atomic mass is 32.2. The van der Waals surface area contributed by atoms with E-state index in [1.54, 1.807) is 29.9 Å². The molecule has 0 unspecified atom stereocenters. The lowest BCUT2D eigenvalue weighted by Gasteiger charge is -2.14. The van der Waals surface area contributed by atoms with E-state index in [-0.39, 0.29) is 23.5 Å². The Morgan fingerprint density at radius 3 is 2.77 bits per heavy atom. The molecule has 2 aromatic heterocycles. The summed E-state index contributed by atoms with van der Waals surface area (Å²) in [6.45, 7) is 2.47. The molecule has 6 nitrogen and oxygen atoms in total. The number of aryl methyl sites for hydroxylation is 2. The third-order valence-electron chi connectivity index (χ3n) is 4.30. The lowest BCUT2D eigenvalue weighted by Crippen LogP contribution is -2.29.